The number of halogens is 1. The smallest absolute Gasteiger partial charge is 0.317 e. The van der Waals surface area contributed by atoms with E-state index in [0.29, 0.717) is 24.4 Å². The average Bonchev–Trinajstić information content (AvgIpc) is 3.07. The highest BCUT2D eigenvalue weighted by atomic mass is 35.5. The van der Waals surface area contributed by atoms with E-state index in [2.05, 4.69) is 10.3 Å². The van der Waals surface area contributed by atoms with E-state index >= 15 is 0 Å². The Labute approximate surface area is 163 Å². The van der Waals surface area contributed by atoms with Crippen LogP contribution in [0.1, 0.15) is 30.6 Å². The van der Waals surface area contributed by atoms with Gasteiger partial charge in [0.15, 0.2) is 0 Å². The second-order valence-corrected chi connectivity index (χ2v) is 7.56. The zero-order chi connectivity index (χ0) is 19.4. The third-order valence-electron chi connectivity index (χ3n) is 4.97. The first kappa shape index (κ1) is 19.2. The van der Waals surface area contributed by atoms with Crippen LogP contribution in [0.3, 0.4) is 0 Å². The summed E-state index contributed by atoms with van der Waals surface area (Å²) in [6.45, 7) is 2.29. The number of urea groups is 1. The number of likely N-dealkylation sites (tertiary alicyclic amines) is 1. The van der Waals surface area contributed by atoms with Crippen molar-refractivity contribution in [3.63, 3.8) is 0 Å². The number of rotatable bonds is 5. The van der Waals surface area contributed by atoms with E-state index in [1.807, 2.05) is 42.5 Å². The number of amides is 2. The standard InChI is InChI=1S/C20H22ClN3O3/c1-20(18(25)26)9-11-24(13-20)19(27)23-17(16-4-2-3-10-22-16)12-14-5-7-15(21)8-6-14/h2-8,10,17H,9,11-13H2,1H3,(H,23,27)(H,25,26). The van der Waals surface area contributed by atoms with Crippen LogP contribution in [-0.4, -0.2) is 40.1 Å². The number of hydrogen-bond donors (Lipinski definition) is 2. The summed E-state index contributed by atoms with van der Waals surface area (Å²) in [5.74, 6) is -0.875. The molecule has 1 saturated heterocycles. The van der Waals surface area contributed by atoms with Crippen LogP contribution in [0.25, 0.3) is 0 Å². The number of aromatic nitrogens is 1. The van der Waals surface area contributed by atoms with Gasteiger partial charge >= 0.3 is 12.0 Å². The molecular weight excluding hydrogens is 366 g/mol. The first-order valence-corrected chi connectivity index (χ1v) is 9.19. The van der Waals surface area contributed by atoms with Crippen LogP contribution >= 0.6 is 11.6 Å². The van der Waals surface area contributed by atoms with Gasteiger partial charge in [0.2, 0.25) is 0 Å². The van der Waals surface area contributed by atoms with E-state index < -0.39 is 11.4 Å². The molecule has 0 radical (unpaired) electrons. The highest BCUT2D eigenvalue weighted by molar-refractivity contribution is 6.30. The maximum absolute atomic E-state index is 12.8. The van der Waals surface area contributed by atoms with Crippen LogP contribution in [0.4, 0.5) is 4.79 Å². The number of carbonyl (C=O) groups is 2. The maximum Gasteiger partial charge on any atom is 0.317 e. The summed E-state index contributed by atoms with van der Waals surface area (Å²) < 4.78 is 0. The lowest BCUT2D eigenvalue weighted by Crippen LogP contribution is -2.43. The molecule has 2 atom stereocenters. The van der Waals surface area contributed by atoms with Crippen molar-refractivity contribution in [2.45, 2.75) is 25.8 Å². The van der Waals surface area contributed by atoms with Crippen molar-refractivity contribution in [2.24, 2.45) is 5.41 Å². The predicted molar refractivity (Wildman–Crippen MR) is 103 cm³/mol. The number of aliphatic carboxylic acids is 1. The van der Waals surface area contributed by atoms with Crippen molar-refractivity contribution in [3.05, 3.63) is 64.9 Å². The van der Waals surface area contributed by atoms with E-state index in [1.165, 1.54) is 0 Å². The largest absolute Gasteiger partial charge is 0.481 e. The Morgan fingerprint density at radius 3 is 2.63 bits per heavy atom. The lowest BCUT2D eigenvalue weighted by Gasteiger charge is -2.24. The Hall–Kier alpha value is -2.60. The molecule has 1 aromatic carbocycles. The molecule has 27 heavy (non-hydrogen) atoms. The minimum absolute atomic E-state index is 0.198. The van der Waals surface area contributed by atoms with Crippen LogP contribution < -0.4 is 5.32 Å². The number of carbonyl (C=O) groups excluding carboxylic acids is 1. The van der Waals surface area contributed by atoms with Gasteiger partial charge in [-0.05, 0) is 49.6 Å². The van der Waals surface area contributed by atoms with Crippen molar-refractivity contribution in [1.82, 2.24) is 15.2 Å². The third kappa shape index (κ3) is 4.57. The number of nitrogens with one attached hydrogen (secondary N) is 1. The van der Waals surface area contributed by atoms with Crippen molar-refractivity contribution in [3.8, 4) is 0 Å². The Balaban J connectivity index is 1.74. The van der Waals surface area contributed by atoms with Gasteiger partial charge in [0.05, 0.1) is 17.2 Å². The van der Waals surface area contributed by atoms with Gasteiger partial charge in [0.25, 0.3) is 0 Å². The van der Waals surface area contributed by atoms with Crippen LogP contribution in [0, 0.1) is 5.41 Å². The summed E-state index contributed by atoms with van der Waals surface area (Å²) in [4.78, 5) is 30.1. The quantitative estimate of drug-likeness (QED) is 0.822. The molecule has 0 bridgehead atoms. The summed E-state index contributed by atoms with van der Waals surface area (Å²) in [6.07, 6.45) is 2.69. The molecule has 2 N–H and O–H groups in total. The maximum atomic E-state index is 12.8. The van der Waals surface area contributed by atoms with E-state index in [1.54, 1.807) is 18.0 Å². The van der Waals surface area contributed by atoms with Crippen molar-refractivity contribution in [2.75, 3.05) is 13.1 Å². The number of nitrogens with zero attached hydrogens (tertiary/aromatic N) is 2. The Kier molecular flexibility index (Phi) is 5.65. The van der Waals surface area contributed by atoms with E-state index in [0.717, 1.165) is 11.3 Å². The normalized spacial score (nSPS) is 20.3. The van der Waals surface area contributed by atoms with Gasteiger partial charge in [0.1, 0.15) is 0 Å². The monoisotopic (exact) mass is 387 g/mol. The van der Waals surface area contributed by atoms with E-state index in [9.17, 15) is 14.7 Å². The van der Waals surface area contributed by atoms with Crippen molar-refractivity contribution in [1.29, 1.82) is 0 Å². The first-order chi connectivity index (χ1) is 12.9. The summed E-state index contributed by atoms with van der Waals surface area (Å²) in [6, 6.07) is 12.4. The molecule has 0 aliphatic carbocycles. The molecule has 2 aromatic rings. The fraction of sp³-hybridized carbons (Fsp3) is 0.350. The van der Waals surface area contributed by atoms with E-state index in [4.69, 9.17) is 11.6 Å². The van der Waals surface area contributed by atoms with Crippen molar-refractivity contribution >= 4 is 23.6 Å². The molecule has 3 rings (SSSR count). The Bertz CT molecular complexity index is 813. The molecule has 2 amide bonds. The molecule has 2 heterocycles. The van der Waals surface area contributed by atoms with Crippen LogP contribution in [-0.2, 0) is 11.2 Å². The predicted octanol–water partition coefficient (Wildman–Crippen LogP) is 3.53. The molecule has 1 fully saturated rings. The van der Waals surface area contributed by atoms with Crippen LogP contribution in [0.5, 0.6) is 0 Å². The minimum Gasteiger partial charge on any atom is -0.481 e. The van der Waals surface area contributed by atoms with Gasteiger partial charge in [-0.25, -0.2) is 4.79 Å². The molecule has 6 nitrogen and oxygen atoms in total. The second kappa shape index (κ2) is 7.96. The summed E-state index contributed by atoms with van der Waals surface area (Å²) in [5, 5.41) is 13.0. The number of pyridine rings is 1. The van der Waals surface area contributed by atoms with Gasteiger partial charge in [-0.1, -0.05) is 29.8 Å². The molecule has 7 heteroatoms. The topological polar surface area (TPSA) is 82.5 Å². The molecular formula is C20H22ClN3O3. The summed E-state index contributed by atoms with van der Waals surface area (Å²) in [5.41, 5.74) is 0.877. The number of benzene rings is 1. The minimum atomic E-state index is -0.895. The molecule has 1 aliphatic heterocycles. The molecule has 0 spiro atoms. The zero-order valence-electron chi connectivity index (χ0n) is 15.1. The van der Waals surface area contributed by atoms with Crippen LogP contribution in [0.15, 0.2) is 48.7 Å². The van der Waals surface area contributed by atoms with Gasteiger partial charge < -0.3 is 15.3 Å². The Morgan fingerprint density at radius 2 is 2.04 bits per heavy atom. The Morgan fingerprint density at radius 1 is 1.30 bits per heavy atom. The first-order valence-electron chi connectivity index (χ1n) is 8.82. The highest BCUT2D eigenvalue weighted by Gasteiger charge is 2.42. The van der Waals surface area contributed by atoms with Crippen LogP contribution in [0.2, 0.25) is 5.02 Å². The number of carboxylic acids is 1. The molecule has 1 aromatic heterocycles. The van der Waals surface area contributed by atoms with Gasteiger partial charge in [-0.15, -0.1) is 0 Å². The SMILES string of the molecule is CC1(C(=O)O)CCN(C(=O)NC(Cc2ccc(Cl)cc2)c2ccccn2)C1. The van der Waals surface area contributed by atoms with Gasteiger partial charge in [-0.3, -0.25) is 9.78 Å². The van der Waals surface area contributed by atoms with E-state index in [-0.39, 0.29) is 18.6 Å². The van der Waals surface area contributed by atoms with Crippen molar-refractivity contribution < 1.29 is 14.7 Å². The molecule has 142 valence electrons. The highest BCUT2D eigenvalue weighted by Crippen LogP contribution is 2.30. The average molecular weight is 388 g/mol. The zero-order valence-corrected chi connectivity index (χ0v) is 15.8. The lowest BCUT2D eigenvalue weighted by atomic mass is 9.90. The molecule has 1 aliphatic rings. The fourth-order valence-electron chi connectivity index (χ4n) is 3.22. The second-order valence-electron chi connectivity index (χ2n) is 7.12. The fourth-order valence-corrected chi connectivity index (χ4v) is 3.34. The lowest BCUT2D eigenvalue weighted by molar-refractivity contribution is -0.147. The summed E-state index contributed by atoms with van der Waals surface area (Å²) in [7, 11) is 0. The molecule has 0 saturated carbocycles. The van der Waals surface area contributed by atoms with Gasteiger partial charge in [0, 0.05) is 24.3 Å². The molecule has 2 unspecified atom stereocenters. The number of hydrogen-bond acceptors (Lipinski definition) is 3. The van der Waals surface area contributed by atoms with Gasteiger partial charge in [-0.2, -0.15) is 0 Å². The summed E-state index contributed by atoms with van der Waals surface area (Å²) >= 11 is 5.95. The number of carboxylic acid groups (broad SMARTS) is 1. The third-order valence-corrected chi connectivity index (χ3v) is 5.22.